The van der Waals surface area contributed by atoms with Crippen molar-refractivity contribution in [1.29, 1.82) is 0 Å². The van der Waals surface area contributed by atoms with Crippen molar-refractivity contribution in [2.24, 2.45) is 11.8 Å². The number of hydrogen-bond donors (Lipinski definition) is 1. The molecule has 0 spiro atoms. The number of hydrogen-bond acceptors (Lipinski definition) is 3. The van der Waals surface area contributed by atoms with E-state index in [4.69, 9.17) is 0 Å². The van der Waals surface area contributed by atoms with Gasteiger partial charge in [-0.2, -0.15) is 4.31 Å². The van der Waals surface area contributed by atoms with Crippen molar-refractivity contribution in [2.75, 3.05) is 13.1 Å². The Morgan fingerprint density at radius 1 is 1.30 bits per heavy atom. The van der Waals surface area contributed by atoms with E-state index in [0.29, 0.717) is 30.5 Å². The summed E-state index contributed by atoms with van der Waals surface area (Å²) in [5, 5.41) is 9.59. The van der Waals surface area contributed by atoms with Gasteiger partial charge >= 0.3 is 0 Å². The summed E-state index contributed by atoms with van der Waals surface area (Å²) >= 11 is 0. The van der Waals surface area contributed by atoms with E-state index in [1.165, 1.54) is 0 Å². The van der Waals surface area contributed by atoms with Gasteiger partial charge in [-0.25, -0.2) is 8.42 Å². The van der Waals surface area contributed by atoms with Gasteiger partial charge in [0.1, 0.15) is 0 Å². The lowest BCUT2D eigenvalue weighted by Gasteiger charge is -2.18. The number of aliphatic hydroxyl groups excluding tert-OH is 1. The highest BCUT2D eigenvalue weighted by Crippen LogP contribution is 2.29. The molecule has 1 aliphatic rings. The van der Waals surface area contributed by atoms with Gasteiger partial charge in [-0.3, -0.25) is 0 Å². The van der Waals surface area contributed by atoms with Gasteiger partial charge < -0.3 is 5.11 Å². The highest BCUT2D eigenvalue weighted by atomic mass is 32.2. The average molecular weight is 297 g/mol. The van der Waals surface area contributed by atoms with E-state index in [-0.39, 0.29) is 4.90 Å². The van der Waals surface area contributed by atoms with Crippen LogP contribution in [-0.2, 0) is 10.0 Å². The molecular weight excluding hydrogens is 274 g/mol. The van der Waals surface area contributed by atoms with Crippen molar-refractivity contribution >= 4 is 10.0 Å². The van der Waals surface area contributed by atoms with Crippen molar-refractivity contribution in [1.82, 2.24) is 4.31 Å². The molecule has 0 radical (unpaired) electrons. The van der Waals surface area contributed by atoms with Crippen molar-refractivity contribution in [3.8, 4) is 0 Å². The number of aliphatic hydroxyl groups is 1. The molecular formula is C15H23NO3S. The zero-order chi connectivity index (χ0) is 14.9. The van der Waals surface area contributed by atoms with E-state index in [1.807, 2.05) is 0 Å². The molecule has 1 aromatic rings. The van der Waals surface area contributed by atoms with Crippen LogP contribution in [0.4, 0.5) is 0 Å². The van der Waals surface area contributed by atoms with Crippen molar-refractivity contribution < 1.29 is 13.5 Å². The molecule has 0 amide bonds. The van der Waals surface area contributed by atoms with Gasteiger partial charge in [0.15, 0.2) is 0 Å². The lowest BCUT2D eigenvalue weighted by molar-refractivity contribution is 0.199. The van der Waals surface area contributed by atoms with Gasteiger partial charge in [-0.1, -0.05) is 26.0 Å². The predicted molar refractivity (Wildman–Crippen MR) is 78.8 cm³/mol. The third-order valence-electron chi connectivity index (χ3n) is 4.11. The van der Waals surface area contributed by atoms with Crippen LogP contribution in [0.5, 0.6) is 0 Å². The summed E-state index contributed by atoms with van der Waals surface area (Å²) < 4.78 is 26.8. The molecule has 1 aliphatic heterocycles. The Balaban J connectivity index is 2.25. The second-order valence-electron chi connectivity index (χ2n) is 5.90. The fourth-order valence-corrected chi connectivity index (χ4v) is 4.17. The minimum Gasteiger partial charge on any atom is -0.389 e. The summed E-state index contributed by atoms with van der Waals surface area (Å²) in [4.78, 5) is 0.278. The van der Waals surface area contributed by atoms with Crippen LogP contribution in [0.2, 0.25) is 0 Å². The maximum absolute atomic E-state index is 12.6. The summed E-state index contributed by atoms with van der Waals surface area (Å²) in [6.45, 7) is 7.09. The van der Waals surface area contributed by atoms with Gasteiger partial charge in [0.25, 0.3) is 0 Å². The van der Waals surface area contributed by atoms with Gasteiger partial charge in [0.05, 0.1) is 11.0 Å². The van der Waals surface area contributed by atoms with Crippen LogP contribution in [0.3, 0.4) is 0 Å². The molecule has 1 heterocycles. The summed E-state index contributed by atoms with van der Waals surface area (Å²) in [5.74, 6) is 0.934. The number of rotatable bonds is 4. The molecule has 4 nitrogen and oxygen atoms in total. The molecule has 1 N–H and O–H groups in total. The molecule has 2 rings (SSSR count). The highest BCUT2D eigenvalue weighted by molar-refractivity contribution is 7.89. The molecule has 0 aliphatic carbocycles. The first kappa shape index (κ1) is 15.5. The number of benzene rings is 1. The molecule has 1 aromatic carbocycles. The zero-order valence-electron chi connectivity index (χ0n) is 12.3. The van der Waals surface area contributed by atoms with E-state index >= 15 is 0 Å². The van der Waals surface area contributed by atoms with E-state index in [2.05, 4.69) is 13.8 Å². The van der Waals surface area contributed by atoms with E-state index in [0.717, 1.165) is 6.42 Å². The summed E-state index contributed by atoms with van der Waals surface area (Å²) in [7, 11) is -3.44. The standard InChI is InChI=1S/C15H23NO3S/c1-11(2)14-7-8-16(10-14)20(18,19)15-6-4-5-13(9-15)12(3)17/h4-6,9,11-12,14,17H,7-8,10H2,1-3H3. The van der Waals surface area contributed by atoms with Crippen molar-refractivity contribution in [2.45, 2.75) is 38.2 Å². The molecule has 1 saturated heterocycles. The normalized spacial score (nSPS) is 22.4. The second kappa shape index (κ2) is 5.84. The Bertz CT molecular complexity index is 566. The average Bonchev–Trinajstić information content (AvgIpc) is 2.89. The van der Waals surface area contributed by atoms with E-state index < -0.39 is 16.1 Å². The SMILES string of the molecule is CC(O)c1cccc(S(=O)(=O)N2CCC(C(C)C)C2)c1. The van der Waals surface area contributed by atoms with Crippen LogP contribution in [0.25, 0.3) is 0 Å². The predicted octanol–water partition coefficient (Wildman–Crippen LogP) is 2.41. The maximum Gasteiger partial charge on any atom is 0.243 e. The van der Waals surface area contributed by atoms with Crippen molar-refractivity contribution in [3.05, 3.63) is 29.8 Å². The van der Waals surface area contributed by atoms with Gasteiger partial charge in [-0.05, 0) is 42.9 Å². The first-order valence-corrected chi connectivity index (χ1v) is 8.54. The summed E-state index contributed by atoms with van der Waals surface area (Å²) in [6.07, 6.45) is 0.264. The zero-order valence-corrected chi connectivity index (χ0v) is 13.1. The van der Waals surface area contributed by atoms with Gasteiger partial charge in [0, 0.05) is 13.1 Å². The van der Waals surface area contributed by atoms with Crippen LogP contribution in [-0.4, -0.2) is 30.9 Å². The van der Waals surface area contributed by atoms with Crippen LogP contribution >= 0.6 is 0 Å². The third-order valence-corrected chi connectivity index (χ3v) is 5.97. The fraction of sp³-hybridized carbons (Fsp3) is 0.600. The first-order valence-electron chi connectivity index (χ1n) is 7.10. The van der Waals surface area contributed by atoms with E-state index in [9.17, 15) is 13.5 Å². The first-order chi connectivity index (χ1) is 9.32. The van der Waals surface area contributed by atoms with Crippen LogP contribution in [0.15, 0.2) is 29.2 Å². The molecule has 0 saturated carbocycles. The minimum absolute atomic E-state index is 0.278. The largest absolute Gasteiger partial charge is 0.389 e. The molecule has 0 bridgehead atoms. The topological polar surface area (TPSA) is 57.6 Å². The lowest BCUT2D eigenvalue weighted by Crippen LogP contribution is -2.29. The molecule has 20 heavy (non-hydrogen) atoms. The summed E-state index contributed by atoms with van der Waals surface area (Å²) in [6, 6.07) is 6.60. The smallest absolute Gasteiger partial charge is 0.243 e. The molecule has 112 valence electrons. The Morgan fingerprint density at radius 2 is 2.00 bits per heavy atom. The lowest BCUT2D eigenvalue weighted by atomic mass is 9.96. The molecule has 2 unspecified atom stereocenters. The fourth-order valence-electron chi connectivity index (χ4n) is 2.60. The number of nitrogens with zero attached hydrogens (tertiary/aromatic N) is 1. The van der Waals surface area contributed by atoms with Crippen LogP contribution < -0.4 is 0 Å². The van der Waals surface area contributed by atoms with Crippen molar-refractivity contribution in [3.63, 3.8) is 0 Å². The van der Waals surface area contributed by atoms with Crippen LogP contribution in [0, 0.1) is 11.8 Å². The van der Waals surface area contributed by atoms with Crippen LogP contribution in [0.1, 0.15) is 38.9 Å². The minimum atomic E-state index is -3.44. The quantitative estimate of drug-likeness (QED) is 0.928. The Labute approximate surface area is 121 Å². The van der Waals surface area contributed by atoms with Gasteiger partial charge in [0.2, 0.25) is 10.0 Å². The molecule has 2 atom stereocenters. The summed E-state index contributed by atoms with van der Waals surface area (Å²) in [5.41, 5.74) is 0.630. The third kappa shape index (κ3) is 3.05. The molecule has 5 heteroatoms. The Morgan fingerprint density at radius 3 is 2.55 bits per heavy atom. The molecule has 0 aromatic heterocycles. The van der Waals surface area contributed by atoms with Gasteiger partial charge in [-0.15, -0.1) is 0 Å². The number of sulfonamides is 1. The second-order valence-corrected chi connectivity index (χ2v) is 7.84. The molecule has 1 fully saturated rings. The Hall–Kier alpha value is -0.910. The maximum atomic E-state index is 12.6. The monoisotopic (exact) mass is 297 g/mol. The Kier molecular flexibility index (Phi) is 4.52. The highest BCUT2D eigenvalue weighted by Gasteiger charge is 2.33. The van der Waals surface area contributed by atoms with E-state index in [1.54, 1.807) is 35.5 Å².